The van der Waals surface area contributed by atoms with E-state index in [0.29, 0.717) is 19.1 Å². The van der Waals surface area contributed by atoms with E-state index in [0.717, 1.165) is 19.3 Å². The second-order valence-electron chi connectivity index (χ2n) is 4.46. The van der Waals surface area contributed by atoms with Crippen LogP contribution in [0.1, 0.15) is 33.1 Å². The molecule has 0 fully saturated rings. The van der Waals surface area contributed by atoms with Gasteiger partial charge in [-0.25, -0.2) is 4.57 Å². The molecule has 6 heteroatoms. The van der Waals surface area contributed by atoms with Crippen LogP contribution in [0.2, 0.25) is 0 Å². The zero-order chi connectivity index (χ0) is 13.3. The van der Waals surface area contributed by atoms with Crippen LogP contribution in [-0.2, 0) is 13.6 Å². The van der Waals surface area contributed by atoms with Gasteiger partial charge in [0.15, 0.2) is 0 Å². The Hall–Kier alpha value is 0.0700. The lowest BCUT2D eigenvalue weighted by Gasteiger charge is -2.18. The highest BCUT2D eigenvalue weighted by Crippen LogP contribution is 2.43. The Labute approximate surface area is 105 Å². The van der Waals surface area contributed by atoms with E-state index in [-0.39, 0.29) is 6.61 Å². The highest BCUT2D eigenvalue weighted by Gasteiger charge is 2.22. The predicted octanol–water partition coefficient (Wildman–Crippen LogP) is 2.51. The van der Waals surface area contributed by atoms with Crippen molar-refractivity contribution < 1.29 is 18.5 Å². The van der Waals surface area contributed by atoms with Gasteiger partial charge >= 0.3 is 7.82 Å². The topological polar surface area (TPSA) is 59.0 Å². The van der Waals surface area contributed by atoms with Gasteiger partial charge < -0.3 is 9.79 Å². The number of phosphoric acid groups is 1. The minimum Gasteiger partial charge on any atom is -0.307 e. The Morgan fingerprint density at radius 2 is 1.94 bits per heavy atom. The summed E-state index contributed by atoms with van der Waals surface area (Å²) in [5.41, 5.74) is 0. The number of hydrogen-bond donors (Lipinski definition) is 1. The van der Waals surface area contributed by atoms with Crippen LogP contribution in [-0.4, -0.2) is 43.6 Å². The molecule has 0 aliphatic rings. The Balaban J connectivity index is 3.86. The first-order chi connectivity index (χ1) is 7.91. The monoisotopic (exact) mass is 267 g/mol. The van der Waals surface area contributed by atoms with Crippen molar-refractivity contribution >= 4 is 7.82 Å². The first-order valence-electron chi connectivity index (χ1n) is 6.17. The predicted molar refractivity (Wildman–Crippen MR) is 69.0 cm³/mol. The lowest BCUT2D eigenvalue weighted by atomic mass is 10.0. The Morgan fingerprint density at radius 3 is 2.41 bits per heavy atom. The van der Waals surface area contributed by atoms with Crippen LogP contribution < -0.4 is 0 Å². The van der Waals surface area contributed by atoms with Crippen molar-refractivity contribution in [2.45, 2.75) is 33.1 Å². The number of phosphoric ester groups is 1. The molecule has 2 unspecified atom stereocenters. The van der Waals surface area contributed by atoms with Crippen LogP contribution in [0.4, 0.5) is 0 Å². The van der Waals surface area contributed by atoms with Gasteiger partial charge in [0.25, 0.3) is 0 Å². The molecule has 0 spiro atoms. The zero-order valence-corrected chi connectivity index (χ0v) is 12.3. The van der Waals surface area contributed by atoms with Crippen molar-refractivity contribution in [2.75, 3.05) is 33.9 Å². The van der Waals surface area contributed by atoms with Crippen molar-refractivity contribution in [3.05, 3.63) is 0 Å². The summed E-state index contributed by atoms with van der Waals surface area (Å²) in [6.07, 6.45) is 3.01. The van der Waals surface area contributed by atoms with Gasteiger partial charge in [-0.2, -0.15) is 0 Å². The molecule has 0 aromatic carbocycles. The fourth-order valence-electron chi connectivity index (χ4n) is 1.39. The van der Waals surface area contributed by atoms with Gasteiger partial charge in [0.05, 0.1) is 13.2 Å². The Kier molecular flexibility index (Phi) is 9.10. The third-order valence-electron chi connectivity index (χ3n) is 2.54. The van der Waals surface area contributed by atoms with Crippen LogP contribution in [0.25, 0.3) is 0 Å². The molecule has 1 N–H and O–H groups in total. The number of rotatable bonds is 10. The molecule has 2 atom stereocenters. The average Bonchev–Trinajstić information content (AvgIpc) is 2.23. The molecular formula is C11H26NO4P. The van der Waals surface area contributed by atoms with Gasteiger partial charge in [0.2, 0.25) is 0 Å². The van der Waals surface area contributed by atoms with Gasteiger partial charge in [0.1, 0.15) is 0 Å². The first kappa shape index (κ1) is 17.1. The third kappa shape index (κ3) is 9.74. The summed E-state index contributed by atoms with van der Waals surface area (Å²) in [7, 11) is -0.114. The van der Waals surface area contributed by atoms with E-state index in [9.17, 15) is 9.46 Å². The van der Waals surface area contributed by atoms with Gasteiger partial charge in [-0.1, -0.05) is 26.7 Å². The molecule has 0 radical (unpaired) electrons. The third-order valence-corrected chi connectivity index (χ3v) is 3.52. The molecule has 5 nitrogen and oxygen atoms in total. The van der Waals surface area contributed by atoms with Crippen molar-refractivity contribution in [3.63, 3.8) is 0 Å². The zero-order valence-electron chi connectivity index (χ0n) is 11.4. The summed E-state index contributed by atoms with van der Waals surface area (Å²) < 4.78 is 21.4. The maximum Gasteiger partial charge on any atom is 0.472 e. The first-order valence-corrected chi connectivity index (χ1v) is 7.67. The molecule has 0 rings (SSSR count). The molecule has 0 heterocycles. The van der Waals surface area contributed by atoms with E-state index in [1.54, 1.807) is 0 Å². The summed E-state index contributed by atoms with van der Waals surface area (Å²) in [5.74, 6) is 0.331. The fraction of sp³-hybridized carbons (Fsp3) is 1.00. The number of likely N-dealkylation sites (N-methyl/N-ethyl adjacent to an activating group) is 1. The molecule has 0 saturated heterocycles. The summed E-state index contributed by atoms with van der Waals surface area (Å²) in [6, 6.07) is 0. The molecule has 0 amide bonds. The second kappa shape index (κ2) is 9.06. The minimum absolute atomic E-state index is 0.200. The van der Waals surface area contributed by atoms with Crippen molar-refractivity contribution in [1.82, 2.24) is 4.90 Å². The van der Waals surface area contributed by atoms with E-state index >= 15 is 0 Å². The van der Waals surface area contributed by atoms with E-state index in [2.05, 4.69) is 13.8 Å². The smallest absolute Gasteiger partial charge is 0.307 e. The molecule has 0 aliphatic carbocycles. The number of nitrogens with zero attached hydrogens (tertiary/aromatic N) is 1. The summed E-state index contributed by atoms with van der Waals surface area (Å²) in [4.78, 5) is 11.3. The van der Waals surface area contributed by atoms with Crippen LogP contribution in [0.5, 0.6) is 0 Å². The molecule has 17 heavy (non-hydrogen) atoms. The molecular weight excluding hydrogens is 241 g/mol. The summed E-state index contributed by atoms with van der Waals surface area (Å²) >= 11 is 0. The quantitative estimate of drug-likeness (QED) is 0.616. The van der Waals surface area contributed by atoms with Crippen LogP contribution in [0, 0.1) is 5.92 Å². The lowest BCUT2D eigenvalue weighted by Crippen LogP contribution is -2.18. The van der Waals surface area contributed by atoms with Crippen LogP contribution in [0.3, 0.4) is 0 Å². The molecule has 104 valence electrons. The van der Waals surface area contributed by atoms with Gasteiger partial charge in [-0.3, -0.25) is 9.05 Å². The average molecular weight is 267 g/mol. The fourth-order valence-corrected chi connectivity index (χ4v) is 2.18. The summed E-state index contributed by atoms with van der Waals surface area (Å²) in [5, 5.41) is 0. The molecule has 0 aliphatic heterocycles. The molecule has 0 bridgehead atoms. The molecule has 0 aromatic rings. The van der Waals surface area contributed by atoms with Gasteiger partial charge in [-0.05, 0) is 26.4 Å². The van der Waals surface area contributed by atoms with Crippen molar-refractivity contribution in [3.8, 4) is 0 Å². The summed E-state index contributed by atoms with van der Waals surface area (Å²) in [6.45, 7) is 5.24. The SMILES string of the molecule is CCCC(CC)COP(=O)(O)OCCN(C)C. The van der Waals surface area contributed by atoms with E-state index in [1.807, 2.05) is 19.0 Å². The largest absolute Gasteiger partial charge is 0.472 e. The highest BCUT2D eigenvalue weighted by atomic mass is 31.2. The highest BCUT2D eigenvalue weighted by molar-refractivity contribution is 7.47. The van der Waals surface area contributed by atoms with Crippen LogP contribution >= 0.6 is 7.82 Å². The Bertz CT molecular complexity index is 236. The van der Waals surface area contributed by atoms with E-state index < -0.39 is 7.82 Å². The number of hydrogen-bond acceptors (Lipinski definition) is 4. The Morgan fingerprint density at radius 1 is 1.29 bits per heavy atom. The second-order valence-corrected chi connectivity index (χ2v) is 5.92. The van der Waals surface area contributed by atoms with E-state index in [4.69, 9.17) is 9.05 Å². The maximum atomic E-state index is 11.5. The molecule has 0 saturated carbocycles. The minimum atomic E-state index is -3.87. The standard InChI is InChI=1S/C11H26NO4P/c1-5-7-11(6-2)10-16-17(13,14)15-9-8-12(3)4/h11H,5-10H2,1-4H3,(H,13,14). The van der Waals surface area contributed by atoms with Crippen molar-refractivity contribution in [1.29, 1.82) is 0 Å². The molecule has 0 aromatic heterocycles. The maximum absolute atomic E-state index is 11.5. The van der Waals surface area contributed by atoms with Crippen molar-refractivity contribution in [2.24, 2.45) is 5.92 Å². The van der Waals surface area contributed by atoms with Gasteiger partial charge in [-0.15, -0.1) is 0 Å². The van der Waals surface area contributed by atoms with Gasteiger partial charge in [0, 0.05) is 6.54 Å². The normalized spacial score (nSPS) is 17.1. The van der Waals surface area contributed by atoms with E-state index in [1.165, 1.54) is 0 Å². The van der Waals surface area contributed by atoms with Crippen LogP contribution in [0.15, 0.2) is 0 Å². The lowest BCUT2D eigenvalue weighted by molar-refractivity contribution is 0.121.